The van der Waals surface area contributed by atoms with Gasteiger partial charge >= 0.3 is 5.97 Å². The lowest BCUT2D eigenvalue weighted by Crippen LogP contribution is -2.48. The zero-order valence-corrected chi connectivity index (χ0v) is 15.2. The number of carboxylic acids is 1. The first-order valence-electron chi connectivity index (χ1n) is 9.28. The molecule has 0 saturated carbocycles. The molecule has 5 heteroatoms. The molecule has 0 bridgehead atoms. The van der Waals surface area contributed by atoms with E-state index in [4.69, 9.17) is 0 Å². The number of benzene rings is 2. The summed E-state index contributed by atoms with van der Waals surface area (Å²) in [5, 5.41) is 12.1. The monoisotopic (exact) mass is 361 g/mol. The summed E-state index contributed by atoms with van der Waals surface area (Å²) >= 11 is 0. The lowest BCUT2D eigenvalue weighted by Gasteiger charge is -2.38. The Morgan fingerprint density at radius 3 is 2.52 bits per heavy atom. The van der Waals surface area contributed by atoms with E-state index >= 15 is 0 Å². The quantitative estimate of drug-likeness (QED) is 0.756. The van der Waals surface area contributed by atoms with Crippen LogP contribution in [0.3, 0.4) is 0 Å². The Morgan fingerprint density at radius 2 is 1.78 bits per heavy atom. The van der Waals surface area contributed by atoms with Crippen molar-refractivity contribution in [2.24, 2.45) is 0 Å². The van der Waals surface area contributed by atoms with Gasteiger partial charge in [0.05, 0.1) is 0 Å². The van der Waals surface area contributed by atoms with Gasteiger partial charge in [0, 0.05) is 45.1 Å². The number of carboxylic acid groups (broad SMARTS) is 1. The Balaban J connectivity index is 1.52. The van der Waals surface area contributed by atoms with E-state index in [0.717, 1.165) is 49.1 Å². The summed E-state index contributed by atoms with van der Waals surface area (Å²) in [7, 11) is 0. The van der Waals surface area contributed by atoms with E-state index < -0.39 is 12.0 Å². The van der Waals surface area contributed by atoms with Gasteiger partial charge in [0.1, 0.15) is 6.04 Å². The predicted molar refractivity (Wildman–Crippen MR) is 105 cm³/mol. The molecule has 1 aromatic heterocycles. The van der Waals surface area contributed by atoms with Crippen LogP contribution in [0.2, 0.25) is 0 Å². The molecule has 0 aliphatic carbocycles. The highest BCUT2D eigenvalue weighted by molar-refractivity contribution is 5.90. The zero-order chi connectivity index (χ0) is 18.6. The van der Waals surface area contributed by atoms with Crippen LogP contribution in [0.25, 0.3) is 10.8 Å². The highest BCUT2D eigenvalue weighted by Gasteiger charge is 2.31. The molecular formula is C22H23N3O2. The number of aromatic nitrogens is 1. The Labute approximate surface area is 158 Å². The summed E-state index contributed by atoms with van der Waals surface area (Å²) in [5.41, 5.74) is 2.07. The molecule has 0 amide bonds. The number of pyridine rings is 1. The Kier molecular flexibility index (Phi) is 5.14. The van der Waals surface area contributed by atoms with Crippen molar-refractivity contribution in [2.45, 2.75) is 12.6 Å². The van der Waals surface area contributed by atoms with Crippen LogP contribution in [-0.2, 0) is 11.3 Å². The molecule has 0 radical (unpaired) electrons. The Hall–Kier alpha value is -2.76. The third kappa shape index (κ3) is 3.84. The minimum Gasteiger partial charge on any atom is -0.480 e. The average molecular weight is 361 g/mol. The van der Waals surface area contributed by atoms with Crippen LogP contribution in [0.5, 0.6) is 0 Å². The van der Waals surface area contributed by atoms with Crippen LogP contribution < -0.4 is 0 Å². The molecule has 1 fully saturated rings. The molecule has 1 atom stereocenters. The average Bonchev–Trinajstić information content (AvgIpc) is 2.70. The fourth-order valence-corrected chi connectivity index (χ4v) is 3.90. The molecule has 138 valence electrons. The second kappa shape index (κ2) is 7.86. The van der Waals surface area contributed by atoms with E-state index in [0.29, 0.717) is 0 Å². The Morgan fingerprint density at radius 1 is 1.00 bits per heavy atom. The van der Waals surface area contributed by atoms with Crippen LogP contribution in [0.15, 0.2) is 67.0 Å². The van der Waals surface area contributed by atoms with E-state index in [-0.39, 0.29) is 0 Å². The molecule has 1 saturated heterocycles. The van der Waals surface area contributed by atoms with Gasteiger partial charge in [0.25, 0.3) is 0 Å². The summed E-state index contributed by atoms with van der Waals surface area (Å²) in [6.07, 6.45) is 3.67. The van der Waals surface area contributed by atoms with Gasteiger partial charge in [-0.2, -0.15) is 0 Å². The fourth-order valence-electron chi connectivity index (χ4n) is 3.90. The minimum atomic E-state index is -0.785. The third-order valence-corrected chi connectivity index (χ3v) is 5.25. The molecule has 1 N–H and O–H groups in total. The van der Waals surface area contributed by atoms with Crippen LogP contribution in [0.1, 0.15) is 17.2 Å². The number of hydrogen-bond donors (Lipinski definition) is 1. The molecule has 2 heterocycles. The van der Waals surface area contributed by atoms with Gasteiger partial charge in [-0.1, -0.05) is 48.5 Å². The molecule has 2 aromatic carbocycles. The van der Waals surface area contributed by atoms with E-state index in [1.54, 1.807) is 6.20 Å². The first-order chi connectivity index (χ1) is 13.2. The van der Waals surface area contributed by atoms with Gasteiger partial charge in [-0.05, 0) is 28.0 Å². The summed E-state index contributed by atoms with van der Waals surface area (Å²) in [6, 6.07) is 17.3. The topological polar surface area (TPSA) is 56.7 Å². The lowest BCUT2D eigenvalue weighted by atomic mass is 9.97. The highest BCUT2D eigenvalue weighted by atomic mass is 16.4. The molecular weight excluding hydrogens is 338 g/mol. The van der Waals surface area contributed by atoms with Crippen LogP contribution in [0, 0.1) is 0 Å². The number of nitrogens with zero attached hydrogens (tertiary/aromatic N) is 3. The van der Waals surface area contributed by atoms with Crippen molar-refractivity contribution in [1.82, 2.24) is 14.8 Å². The second-order valence-corrected chi connectivity index (χ2v) is 6.98. The maximum absolute atomic E-state index is 12.2. The van der Waals surface area contributed by atoms with E-state index in [9.17, 15) is 9.90 Å². The van der Waals surface area contributed by atoms with Crippen molar-refractivity contribution >= 4 is 16.7 Å². The normalized spacial score (nSPS) is 17.0. The van der Waals surface area contributed by atoms with Crippen molar-refractivity contribution in [3.63, 3.8) is 0 Å². The summed E-state index contributed by atoms with van der Waals surface area (Å²) in [6.45, 7) is 4.03. The number of hydrogen-bond acceptors (Lipinski definition) is 4. The van der Waals surface area contributed by atoms with Crippen molar-refractivity contribution < 1.29 is 9.90 Å². The number of piperazine rings is 1. The number of fused-ring (bicyclic) bond motifs is 1. The lowest BCUT2D eigenvalue weighted by molar-refractivity contribution is -0.144. The van der Waals surface area contributed by atoms with Crippen molar-refractivity contribution in [1.29, 1.82) is 0 Å². The molecule has 5 nitrogen and oxygen atoms in total. The van der Waals surface area contributed by atoms with Crippen LogP contribution >= 0.6 is 0 Å². The van der Waals surface area contributed by atoms with Crippen LogP contribution in [0.4, 0.5) is 0 Å². The molecule has 0 unspecified atom stereocenters. The van der Waals surface area contributed by atoms with Gasteiger partial charge in [-0.15, -0.1) is 0 Å². The van der Waals surface area contributed by atoms with Gasteiger partial charge < -0.3 is 5.11 Å². The molecule has 3 aromatic rings. The first kappa shape index (κ1) is 17.6. The smallest absolute Gasteiger partial charge is 0.325 e. The summed E-state index contributed by atoms with van der Waals surface area (Å²) < 4.78 is 0. The van der Waals surface area contributed by atoms with E-state index in [1.165, 1.54) is 5.56 Å². The first-order valence-corrected chi connectivity index (χ1v) is 9.28. The largest absolute Gasteiger partial charge is 0.480 e. The van der Waals surface area contributed by atoms with E-state index in [2.05, 4.69) is 20.9 Å². The van der Waals surface area contributed by atoms with Crippen LogP contribution in [-0.4, -0.2) is 52.0 Å². The van der Waals surface area contributed by atoms with E-state index in [1.807, 2.05) is 54.7 Å². The van der Waals surface area contributed by atoms with Gasteiger partial charge in [-0.25, -0.2) is 0 Å². The third-order valence-electron chi connectivity index (χ3n) is 5.25. The molecule has 27 heavy (non-hydrogen) atoms. The maximum atomic E-state index is 12.2. The minimum absolute atomic E-state index is 0.614. The fraction of sp³-hybridized carbons (Fsp3) is 0.273. The predicted octanol–water partition coefficient (Wildman–Crippen LogP) is 3.18. The molecule has 0 spiro atoms. The number of rotatable bonds is 5. The molecule has 1 aliphatic heterocycles. The van der Waals surface area contributed by atoms with Crippen molar-refractivity contribution in [3.8, 4) is 0 Å². The van der Waals surface area contributed by atoms with Crippen molar-refractivity contribution in [3.05, 3.63) is 78.1 Å². The van der Waals surface area contributed by atoms with Gasteiger partial charge in [0.2, 0.25) is 0 Å². The SMILES string of the molecule is O=C(O)[C@@H](c1cccc2ccccc12)N1CCN(Cc2cccnc2)CC1. The Bertz CT molecular complexity index is 916. The maximum Gasteiger partial charge on any atom is 0.325 e. The molecule has 4 rings (SSSR count). The van der Waals surface area contributed by atoms with Gasteiger partial charge in [0.15, 0.2) is 0 Å². The highest BCUT2D eigenvalue weighted by Crippen LogP contribution is 2.29. The number of aliphatic carboxylic acids is 1. The van der Waals surface area contributed by atoms with Crippen molar-refractivity contribution in [2.75, 3.05) is 26.2 Å². The van der Waals surface area contributed by atoms with Gasteiger partial charge in [-0.3, -0.25) is 19.6 Å². The number of carbonyl (C=O) groups is 1. The second-order valence-electron chi connectivity index (χ2n) is 6.98. The molecule has 1 aliphatic rings. The summed E-state index contributed by atoms with van der Waals surface area (Å²) in [4.78, 5) is 20.8. The summed E-state index contributed by atoms with van der Waals surface area (Å²) in [5.74, 6) is -0.785. The zero-order valence-electron chi connectivity index (χ0n) is 15.2. The standard InChI is InChI=1S/C22H23N3O2/c26-22(27)21(20-9-3-7-18-6-1-2-8-19(18)20)25-13-11-24(12-14-25)16-17-5-4-10-23-15-17/h1-10,15,21H,11-14,16H2,(H,26,27)/t21-/m1/s1.